The number of aryl methyl sites for hydroxylation is 1. The third-order valence-corrected chi connectivity index (χ3v) is 4.11. The molecule has 2 N–H and O–H groups in total. The van der Waals surface area contributed by atoms with Crippen LogP contribution >= 0.6 is 0 Å². The van der Waals surface area contributed by atoms with Gasteiger partial charge in [-0.25, -0.2) is 0 Å². The quantitative estimate of drug-likeness (QED) is 0.704. The van der Waals surface area contributed by atoms with Crippen molar-refractivity contribution in [1.29, 1.82) is 0 Å². The summed E-state index contributed by atoms with van der Waals surface area (Å²) >= 11 is 0. The molecule has 1 atom stereocenters. The van der Waals surface area contributed by atoms with Gasteiger partial charge in [0.15, 0.2) is 0 Å². The van der Waals surface area contributed by atoms with Crippen molar-refractivity contribution in [2.45, 2.75) is 26.3 Å². The zero-order valence-corrected chi connectivity index (χ0v) is 16.0. The van der Waals surface area contributed by atoms with Crippen LogP contribution in [0.4, 0.5) is 0 Å². The van der Waals surface area contributed by atoms with Gasteiger partial charge in [0, 0.05) is 24.6 Å². The molecule has 2 aromatic carbocycles. The lowest BCUT2D eigenvalue weighted by atomic mass is 10.0. The molecule has 0 bridgehead atoms. The fourth-order valence-corrected chi connectivity index (χ4v) is 2.68. The first-order valence-electron chi connectivity index (χ1n) is 8.94. The van der Waals surface area contributed by atoms with Crippen molar-refractivity contribution in [3.63, 3.8) is 0 Å². The Labute approximate surface area is 160 Å². The molecule has 0 saturated heterocycles. The molecular formula is C22H26N2O3. The van der Waals surface area contributed by atoms with Crippen molar-refractivity contribution in [2.75, 3.05) is 13.7 Å². The highest BCUT2D eigenvalue weighted by Gasteiger charge is 2.14. The molecule has 142 valence electrons. The molecule has 0 aliphatic heterocycles. The van der Waals surface area contributed by atoms with Crippen LogP contribution < -0.4 is 15.4 Å². The van der Waals surface area contributed by atoms with Gasteiger partial charge in [0.25, 0.3) is 0 Å². The van der Waals surface area contributed by atoms with Gasteiger partial charge in [-0.05, 0) is 31.6 Å². The molecule has 5 heteroatoms. The van der Waals surface area contributed by atoms with E-state index >= 15 is 0 Å². The Hall–Kier alpha value is -3.08. The van der Waals surface area contributed by atoms with Crippen LogP contribution in [0.5, 0.6) is 5.75 Å². The first kappa shape index (κ1) is 20.2. The summed E-state index contributed by atoms with van der Waals surface area (Å²) in [5.41, 5.74) is 2.98. The predicted molar refractivity (Wildman–Crippen MR) is 107 cm³/mol. The summed E-state index contributed by atoms with van der Waals surface area (Å²) in [5.74, 6) is 0.395. The fraction of sp³-hybridized carbons (Fsp3) is 0.273. The van der Waals surface area contributed by atoms with Gasteiger partial charge in [-0.3, -0.25) is 9.59 Å². The Bertz CT molecular complexity index is 800. The molecule has 0 spiro atoms. The van der Waals surface area contributed by atoms with Gasteiger partial charge in [0.2, 0.25) is 11.8 Å². The van der Waals surface area contributed by atoms with Gasteiger partial charge < -0.3 is 15.4 Å². The first-order valence-corrected chi connectivity index (χ1v) is 8.94. The fourth-order valence-electron chi connectivity index (χ4n) is 2.68. The third kappa shape index (κ3) is 6.62. The van der Waals surface area contributed by atoms with E-state index in [9.17, 15) is 9.59 Å². The average Bonchev–Trinajstić information content (AvgIpc) is 2.67. The molecule has 27 heavy (non-hydrogen) atoms. The van der Waals surface area contributed by atoms with Gasteiger partial charge in [0.05, 0.1) is 13.2 Å². The molecule has 2 amide bonds. The first-order chi connectivity index (χ1) is 13.0. The van der Waals surface area contributed by atoms with E-state index in [4.69, 9.17) is 4.74 Å². The maximum absolute atomic E-state index is 12.2. The van der Waals surface area contributed by atoms with Gasteiger partial charge >= 0.3 is 0 Å². The van der Waals surface area contributed by atoms with Gasteiger partial charge in [0.1, 0.15) is 5.75 Å². The molecule has 0 saturated carbocycles. The maximum atomic E-state index is 12.2. The van der Waals surface area contributed by atoms with E-state index in [-0.39, 0.29) is 30.8 Å². The number of benzene rings is 2. The predicted octanol–water partition coefficient (Wildman–Crippen LogP) is 3.40. The Morgan fingerprint density at radius 1 is 1.15 bits per heavy atom. The number of amides is 2. The maximum Gasteiger partial charge on any atom is 0.244 e. The summed E-state index contributed by atoms with van der Waals surface area (Å²) in [6.45, 7) is 4.19. The second-order valence-corrected chi connectivity index (χ2v) is 6.32. The number of carbonyl (C=O) groups excluding carboxylic acids is 2. The standard InChI is InChI=1S/C22H26N2O3/c1-16-9-11-20(27-3)19(15-16)17(2)24-22(26)13-14-23-21(25)12-10-18-7-5-4-6-8-18/h4-12,15,17H,13-14H2,1-3H3,(H,23,25)(H,24,26)/b12-10+/t17-/m0/s1. The molecule has 0 radical (unpaired) electrons. The topological polar surface area (TPSA) is 67.4 Å². The van der Waals surface area contributed by atoms with E-state index < -0.39 is 0 Å². The highest BCUT2D eigenvalue weighted by atomic mass is 16.5. The lowest BCUT2D eigenvalue weighted by Crippen LogP contribution is -2.31. The molecule has 0 fully saturated rings. The minimum atomic E-state index is -0.222. The van der Waals surface area contributed by atoms with Crippen molar-refractivity contribution in [1.82, 2.24) is 10.6 Å². The number of nitrogens with one attached hydrogen (secondary N) is 2. The van der Waals surface area contributed by atoms with Crippen LogP contribution in [0.2, 0.25) is 0 Å². The highest BCUT2D eigenvalue weighted by Crippen LogP contribution is 2.26. The van der Waals surface area contributed by atoms with Crippen molar-refractivity contribution in [2.24, 2.45) is 0 Å². The van der Waals surface area contributed by atoms with Crippen molar-refractivity contribution >= 4 is 17.9 Å². The van der Waals surface area contributed by atoms with E-state index in [1.807, 2.05) is 62.4 Å². The summed E-state index contributed by atoms with van der Waals surface area (Å²) in [6, 6.07) is 15.3. The number of ether oxygens (including phenoxy) is 1. The van der Waals surface area contributed by atoms with E-state index in [2.05, 4.69) is 10.6 Å². The molecule has 0 unspecified atom stereocenters. The van der Waals surface area contributed by atoms with Crippen LogP contribution in [0.25, 0.3) is 6.08 Å². The summed E-state index contributed by atoms with van der Waals surface area (Å²) < 4.78 is 5.36. The number of rotatable bonds is 8. The molecule has 2 rings (SSSR count). The van der Waals surface area contributed by atoms with Gasteiger partial charge in [-0.2, -0.15) is 0 Å². The molecule has 0 aliphatic rings. The average molecular weight is 366 g/mol. The van der Waals surface area contributed by atoms with E-state index in [1.54, 1.807) is 13.2 Å². The number of hydrogen-bond acceptors (Lipinski definition) is 3. The zero-order valence-electron chi connectivity index (χ0n) is 16.0. The van der Waals surface area contributed by atoms with Gasteiger partial charge in [-0.15, -0.1) is 0 Å². The van der Waals surface area contributed by atoms with Crippen LogP contribution in [-0.4, -0.2) is 25.5 Å². The number of hydrogen-bond donors (Lipinski definition) is 2. The largest absolute Gasteiger partial charge is 0.496 e. The van der Waals surface area contributed by atoms with Crippen LogP contribution in [0.15, 0.2) is 54.6 Å². The smallest absolute Gasteiger partial charge is 0.244 e. The van der Waals surface area contributed by atoms with Crippen molar-refractivity contribution < 1.29 is 14.3 Å². The Balaban J connectivity index is 1.78. The third-order valence-electron chi connectivity index (χ3n) is 4.11. The van der Waals surface area contributed by atoms with Gasteiger partial charge in [-0.1, -0.05) is 48.0 Å². The van der Waals surface area contributed by atoms with Crippen molar-refractivity contribution in [3.05, 3.63) is 71.3 Å². The van der Waals surface area contributed by atoms with Crippen molar-refractivity contribution in [3.8, 4) is 5.75 Å². The summed E-state index contributed by atoms with van der Waals surface area (Å²) in [5, 5.41) is 5.66. The van der Waals surface area contributed by atoms with E-state index in [1.165, 1.54) is 6.08 Å². The Morgan fingerprint density at radius 2 is 1.89 bits per heavy atom. The minimum absolute atomic E-state index is 0.126. The lowest BCUT2D eigenvalue weighted by molar-refractivity contribution is -0.121. The summed E-state index contributed by atoms with van der Waals surface area (Å²) in [7, 11) is 1.61. The normalized spacial score (nSPS) is 11.8. The number of methoxy groups -OCH3 is 1. The Kier molecular flexibility index (Phi) is 7.62. The summed E-state index contributed by atoms with van der Waals surface area (Å²) in [4.78, 5) is 24.0. The minimum Gasteiger partial charge on any atom is -0.496 e. The van der Waals surface area contributed by atoms with Crippen LogP contribution in [0, 0.1) is 6.92 Å². The SMILES string of the molecule is COc1ccc(C)cc1[C@H](C)NC(=O)CCNC(=O)/C=C/c1ccccc1. The highest BCUT2D eigenvalue weighted by molar-refractivity contribution is 5.92. The second kappa shape index (κ2) is 10.2. The molecule has 0 heterocycles. The molecule has 0 aliphatic carbocycles. The molecule has 5 nitrogen and oxygen atoms in total. The van der Waals surface area contributed by atoms with Crippen LogP contribution in [0.3, 0.4) is 0 Å². The monoisotopic (exact) mass is 366 g/mol. The Morgan fingerprint density at radius 3 is 2.59 bits per heavy atom. The molecular weight excluding hydrogens is 340 g/mol. The van der Waals surface area contributed by atoms with Crippen LogP contribution in [0.1, 0.15) is 36.1 Å². The zero-order chi connectivity index (χ0) is 19.6. The van der Waals surface area contributed by atoms with Crippen LogP contribution in [-0.2, 0) is 9.59 Å². The molecule has 0 aromatic heterocycles. The lowest BCUT2D eigenvalue weighted by Gasteiger charge is -2.18. The summed E-state index contributed by atoms with van der Waals surface area (Å²) in [6.07, 6.45) is 3.42. The second-order valence-electron chi connectivity index (χ2n) is 6.32. The molecule has 2 aromatic rings. The number of carbonyl (C=O) groups is 2. The van der Waals surface area contributed by atoms with E-state index in [0.717, 1.165) is 22.4 Å². The van der Waals surface area contributed by atoms with E-state index in [0.29, 0.717) is 0 Å².